The molecule has 0 bridgehead atoms. The number of fused-ring (bicyclic) bond motifs is 1. The molecule has 0 saturated carbocycles. The van der Waals surface area contributed by atoms with E-state index in [-0.39, 0.29) is 6.61 Å². The molecule has 0 radical (unpaired) electrons. The molecule has 3 rings (SSSR count). The van der Waals surface area contributed by atoms with E-state index in [9.17, 15) is 9.59 Å². The standard InChI is InChI=1S/C13H9N3O3S2/c17-11(7-19-13(18)10-5-2-6-20-10)14-8-3-1-4-9-12(8)16-21-15-9/h1-6H,7H2,(H,14,17). The molecule has 1 amide bonds. The first-order chi connectivity index (χ1) is 10.2. The van der Waals surface area contributed by atoms with Crippen LogP contribution in [-0.2, 0) is 9.53 Å². The Labute approximate surface area is 127 Å². The number of ether oxygens (including phenoxy) is 1. The minimum Gasteiger partial charge on any atom is -0.451 e. The highest BCUT2D eigenvalue weighted by Crippen LogP contribution is 2.21. The summed E-state index contributed by atoms with van der Waals surface area (Å²) >= 11 is 2.34. The van der Waals surface area contributed by atoms with Crippen molar-refractivity contribution in [3.63, 3.8) is 0 Å². The second-order valence-corrected chi connectivity index (χ2v) is 5.52. The van der Waals surface area contributed by atoms with Crippen molar-refractivity contribution < 1.29 is 14.3 Å². The largest absolute Gasteiger partial charge is 0.451 e. The SMILES string of the molecule is O=C(COC(=O)c1cccs1)Nc1cccc2nsnc12. The fourth-order valence-electron chi connectivity index (χ4n) is 1.69. The summed E-state index contributed by atoms with van der Waals surface area (Å²) in [5, 5.41) is 4.43. The lowest BCUT2D eigenvalue weighted by Gasteiger charge is -2.06. The molecule has 1 aromatic carbocycles. The van der Waals surface area contributed by atoms with Crippen molar-refractivity contribution in [1.29, 1.82) is 0 Å². The van der Waals surface area contributed by atoms with E-state index in [0.29, 0.717) is 21.6 Å². The lowest BCUT2D eigenvalue weighted by Crippen LogP contribution is -2.20. The molecule has 0 fully saturated rings. The molecule has 0 aliphatic carbocycles. The molecule has 0 atom stereocenters. The number of hydrogen-bond donors (Lipinski definition) is 1. The van der Waals surface area contributed by atoms with E-state index < -0.39 is 11.9 Å². The van der Waals surface area contributed by atoms with Gasteiger partial charge in [-0.05, 0) is 23.6 Å². The Bertz CT molecular complexity index is 783. The van der Waals surface area contributed by atoms with E-state index in [1.807, 2.05) is 6.07 Å². The molecule has 21 heavy (non-hydrogen) atoms. The molecule has 6 nitrogen and oxygen atoms in total. The molecule has 106 valence electrons. The van der Waals surface area contributed by atoms with Crippen molar-refractivity contribution in [3.05, 3.63) is 40.6 Å². The summed E-state index contributed by atoms with van der Waals surface area (Å²) in [6.07, 6.45) is 0. The summed E-state index contributed by atoms with van der Waals surface area (Å²) in [7, 11) is 0. The van der Waals surface area contributed by atoms with Gasteiger partial charge in [0.1, 0.15) is 15.9 Å². The van der Waals surface area contributed by atoms with E-state index in [2.05, 4.69) is 14.1 Å². The lowest BCUT2D eigenvalue weighted by atomic mass is 10.2. The molecule has 3 aromatic rings. The first-order valence-electron chi connectivity index (χ1n) is 5.96. The smallest absolute Gasteiger partial charge is 0.348 e. The molecular weight excluding hydrogens is 310 g/mol. The monoisotopic (exact) mass is 319 g/mol. The van der Waals surface area contributed by atoms with E-state index in [1.165, 1.54) is 11.3 Å². The first kappa shape index (κ1) is 13.7. The Balaban J connectivity index is 1.62. The zero-order chi connectivity index (χ0) is 14.7. The Morgan fingerprint density at radius 1 is 1.19 bits per heavy atom. The minimum absolute atomic E-state index is 0.343. The molecular formula is C13H9N3O3S2. The summed E-state index contributed by atoms with van der Waals surface area (Å²) in [5.74, 6) is -0.922. The molecule has 2 aromatic heterocycles. The Morgan fingerprint density at radius 3 is 2.90 bits per heavy atom. The van der Waals surface area contributed by atoms with Gasteiger partial charge in [0.05, 0.1) is 17.4 Å². The number of amides is 1. The zero-order valence-electron chi connectivity index (χ0n) is 10.6. The molecule has 2 heterocycles. The summed E-state index contributed by atoms with van der Waals surface area (Å²) in [5.41, 5.74) is 1.90. The molecule has 0 aliphatic heterocycles. The Kier molecular flexibility index (Phi) is 3.89. The Hall–Kier alpha value is -2.32. The van der Waals surface area contributed by atoms with Gasteiger partial charge in [-0.25, -0.2) is 4.79 Å². The van der Waals surface area contributed by atoms with E-state index >= 15 is 0 Å². The number of anilines is 1. The number of nitrogens with one attached hydrogen (secondary N) is 1. The van der Waals surface area contributed by atoms with Gasteiger partial charge < -0.3 is 10.1 Å². The number of carbonyl (C=O) groups is 2. The molecule has 0 aliphatic rings. The molecule has 0 saturated heterocycles. The lowest BCUT2D eigenvalue weighted by molar-refractivity contribution is -0.119. The van der Waals surface area contributed by atoms with Crippen LogP contribution in [0.15, 0.2) is 35.7 Å². The molecule has 1 N–H and O–H groups in total. The van der Waals surface area contributed by atoms with Gasteiger partial charge >= 0.3 is 5.97 Å². The highest BCUT2D eigenvalue weighted by atomic mass is 32.1. The van der Waals surface area contributed by atoms with Gasteiger partial charge in [0.25, 0.3) is 5.91 Å². The van der Waals surface area contributed by atoms with Crippen LogP contribution in [0.5, 0.6) is 0 Å². The van der Waals surface area contributed by atoms with Crippen LogP contribution < -0.4 is 5.32 Å². The number of carbonyl (C=O) groups excluding carboxylic acids is 2. The summed E-state index contributed by atoms with van der Waals surface area (Å²) < 4.78 is 13.1. The van der Waals surface area contributed by atoms with Crippen LogP contribution >= 0.6 is 23.1 Å². The van der Waals surface area contributed by atoms with Crippen LogP contribution in [0.1, 0.15) is 9.67 Å². The fourth-order valence-corrected chi connectivity index (χ4v) is 2.86. The van der Waals surface area contributed by atoms with Gasteiger partial charge in [-0.2, -0.15) is 8.75 Å². The van der Waals surface area contributed by atoms with Crippen LogP contribution in [0.25, 0.3) is 11.0 Å². The van der Waals surface area contributed by atoms with E-state index in [0.717, 1.165) is 11.7 Å². The third-order valence-corrected chi connectivity index (χ3v) is 4.01. The number of nitrogens with zero attached hydrogens (tertiary/aromatic N) is 2. The van der Waals surface area contributed by atoms with Gasteiger partial charge in [-0.1, -0.05) is 12.1 Å². The number of thiophene rings is 1. The second-order valence-electron chi connectivity index (χ2n) is 4.04. The van der Waals surface area contributed by atoms with Crippen molar-refractivity contribution in [2.75, 3.05) is 11.9 Å². The van der Waals surface area contributed by atoms with Crippen molar-refractivity contribution >= 4 is 51.7 Å². The van der Waals surface area contributed by atoms with Crippen molar-refractivity contribution in [2.24, 2.45) is 0 Å². The van der Waals surface area contributed by atoms with Crippen LogP contribution in [0.3, 0.4) is 0 Å². The normalized spacial score (nSPS) is 10.5. The van der Waals surface area contributed by atoms with Crippen LogP contribution in [0, 0.1) is 0 Å². The number of hydrogen-bond acceptors (Lipinski definition) is 7. The third-order valence-electron chi connectivity index (χ3n) is 2.62. The predicted molar refractivity (Wildman–Crippen MR) is 80.6 cm³/mol. The first-order valence-corrected chi connectivity index (χ1v) is 7.57. The number of rotatable bonds is 4. The van der Waals surface area contributed by atoms with Crippen molar-refractivity contribution in [1.82, 2.24) is 8.75 Å². The average Bonchev–Trinajstić information content (AvgIpc) is 3.16. The van der Waals surface area contributed by atoms with Gasteiger partial charge in [-0.15, -0.1) is 11.3 Å². The maximum Gasteiger partial charge on any atom is 0.348 e. The van der Waals surface area contributed by atoms with Crippen LogP contribution in [0.2, 0.25) is 0 Å². The number of aromatic nitrogens is 2. The van der Waals surface area contributed by atoms with Crippen LogP contribution in [0.4, 0.5) is 5.69 Å². The Morgan fingerprint density at radius 2 is 2.10 bits per heavy atom. The fraction of sp³-hybridized carbons (Fsp3) is 0.0769. The van der Waals surface area contributed by atoms with Crippen molar-refractivity contribution in [2.45, 2.75) is 0 Å². The third kappa shape index (κ3) is 3.06. The van der Waals surface area contributed by atoms with Crippen LogP contribution in [-0.4, -0.2) is 27.2 Å². The highest BCUT2D eigenvalue weighted by molar-refractivity contribution is 7.11. The summed E-state index contributed by atoms with van der Waals surface area (Å²) in [4.78, 5) is 23.9. The summed E-state index contributed by atoms with van der Waals surface area (Å²) in [6, 6.07) is 8.70. The quantitative estimate of drug-likeness (QED) is 0.747. The number of benzene rings is 1. The maximum atomic E-state index is 11.8. The minimum atomic E-state index is -0.506. The van der Waals surface area contributed by atoms with E-state index in [4.69, 9.17) is 4.74 Å². The van der Waals surface area contributed by atoms with Gasteiger partial charge in [0, 0.05) is 0 Å². The van der Waals surface area contributed by atoms with E-state index in [1.54, 1.807) is 29.6 Å². The van der Waals surface area contributed by atoms with Gasteiger partial charge in [-0.3, -0.25) is 4.79 Å². The second kappa shape index (κ2) is 5.98. The average molecular weight is 319 g/mol. The molecule has 0 spiro atoms. The predicted octanol–water partition coefficient (Wildman–Crippen LogP) is 2.55. The molecule has 8 heteroatoms. The highest BCUT2D eigenvalue weighted by Gasteiger charge is 2.12. The maximum absolute atomic E-state index is 11.8. The zero-order valence-corrected chi connectivity index (χ0v) is 12.2. The van der Waals surface area contributed by atoms with Gasteiger partial charge in [0.2, 0.25) is 0 Å². The molecule has 0 unspecified atom stereocenters. The van der Waals surface area contributed by atoms with Crippen molar-refractivity contribution in [3.8, 4) is 0 Å². The topological polar surface area (TPSA) is 81.2 Å². The number of esters is 1. The summed E-state index contributed by atoms with van der Waals surface area (Å²) in [6.45, 7) is -0.343. The van der Waals surface area contributed by atoms with Gasteiger partial charge in [0.15, 0.2) is 6.61 Å².